The Morgan fingerprint density at radius 2 is 2.25 bits per heavy atom. The molecule has 0 aliphatic rings. The van der Waals surface area contributed by atoms with Gasteiger partial charge in [0.1, 0.15) is 5.82 Å². The van der Waals surface area contributed by atoms with Crippen molar-refractivity contribution >= 4 is 6.08 Å². The summed E-state index contributed by atoms with van der Waals surface area (Å²) >= 11 is 0. The van der Waals surface area contributed by atoms with Crippen molar-refractivity contribution in [3.05, 3.63) is 23.8 Å². The van der Waals surface area contributed by atoms with Crippen molar-refractivity contribution in [2.45, 2.75) is 33.1 Å². The van der Waals surface area contributed by atoms with E-state index in [1.165, 1.54) is 5.69 Å². The number of aromatic nitrogens is 2. The number of hydrogen-bond acceptors (Lipinski definition) is 1. The van der Waals surface area contributed by atoms with Gasteiger partial charge >= 0.3 is 0 Å². The summed E-state index contributed by atoms with van der Waals surface area (Å²) in [4.78, 5) is 7.69. The lowest BCUT2D eigenvalue weighted by molar-refractivity contribution is 0.877. The quantitative estimate of drug-likeness (QED) is 0.728. The van der Waals surface area contributed by atoms with Crippen molar-refractivity contribution < 1.29 is 0 Å². The van der Waals surface area contributed by atoms with Crippen molar-refractivity contribution in [1.82, 2.24) is 9.97 Å². The van der Waals surface area contributed by atoms with Crippen LogP contribution in [0.15, 0.2) is 6.58 Å². The van der Waals surface area contributed by atoms with Crippen LogP contribution in [0.4, 0.5) is 0 Å². The van der Waals surface area contributed by atoms with E-state index in [4.69, 9.17) is 0 Å². The van der Waals surface area contributed by atoms with E-state index >= 15 is 0 Å². The average molecular weight is 164 g/mol. The summed E-state index contributed by atoms with van der Waals surface area (Å²) in [5, 5.41) is 0. The summed E-state index contributed by atoms with van der Waals surface area (Å²) in [7, 11) is 0. The van der Waals surface area contributed by atoms with E-state index in [1.807, 2.05) is 6.08 Å². The Morgan fingerprint density at radius 1 is 1.50 bits per heavy atom. The second-order valence-electron chi connectivity index (χ2n) is 2.85. The fourth-order valence-electron chi connectivity index (χ4n) is 1.26. The highest BCUT2D eigenvalue weighted by atomic mass is 14.9. The van der Waals surface area contributed by atoms with Gasteiger partial charge in [-0.15, -0.1) is 0 Å². The second kappa shape index (κ2) is 4.10. The predicted molar refractivity (Wildman–Crippen MR) is 52.1 cm³/mol. The van der Waals surface area contributed by atoms with Gasteiger partial charge in [0.25, 0.3) is 0 Å². The highest BCUT2D eigenvalue weighted by Crippen LogP contribution is 2.10. The van der Waals surface area contributed by atoms with E-state index < -0.39 is 0 Å². The maximum atomic E-state index is 4.39. The zero-order valence-corrected chi connectivity index (χ0v) is 7.85. The van der Waals surface area contributed by atoms with E-state index in [0.29, 0.717) is 0 Å². The van der Waals surface area contributed by atoms with Crippen molar-refractivity contribution in [2.24, 2.45) is 0 Å². The van der Waals surface area contributed by atoms with E-state index in [2.05, 4.69) is 30.4 Å². The molecule has 0 fully saturated rings. The van der Waals surface area contributed by atoms with Crippen molar-refractivity contribution in [3.8, 4) is 0 Å². The maximum Gasteiger partial charge on any atom is 0.106 e. The van der Waals surface area contributed by atoms with Gasteiger partial charge in [-0.05, 0) is 12.5 Å². The van der Waals surface area contributed by atoms with Crippen LogP contribution in [-0.4, -0.2) is 9.97 Å². The van der Waals surface area contributed by atoms with Crippen LogP contribution in [0.1, 0.15) is 37.5 Å². The van der Waals surface area contributed by atoms with E-state index in [1.54, 1.807) is 0 Å². The molecule has 0 radical (unpaired) electrons. The van der Waals surface area contributed by atoms with E-state index in [-0.39, 0.29) is 0 Å². The molecule has 0 amide bonds. The lowest BCUT2D eigenvalue weighted by atomic mass is 10.2. The molecule has 0 aliphatic carbocycles. The van der Waals surface area contributed by atoms with Gasteiger partial charge in [0.2, 0.25) is 0 Å². The molecule has 1 aromatic heterocycles. The molecular weight excluding hydrogens is 148 g/mol. The van der Waals surface area contributed by atoms with Crippen LogP contribution < -0.4 is 0 Å². The summed E-state index contributed by atoms with van der Waals surface area (Å²) in [6, 6.07) is 0. The molecule has 0 spiro atoms. The minimum absolute atomic E-state index is 0.963. The average Bonchev–Trinajstić information content (AvgIpc) is 2.48. The Kier molecular flexibility index (Phi) is 3.09. The van der Waals surface area contributed by atoms with Crippen LogP contribution in [-0.2, 0) is 12.8 Å². The fraction of sp³-hybridized carbons (Fsp3) is 0.500. The monoisotopic (exact) mass is 164 g/mol. The lowest BCUT2D eigenvalue weighted by Crippen LogP contribution is -1.86. The van der Waals surface area contributed by atoms with Crippen LogP contribution in [0, 0.1) is 0 Å². The van der Waals surface area contributed by atoms with Gasteiger partial charge in [-0.2, -0.15) is 0 Å². The standard InChI is InChI=1S/C10H16N2/c1-4-7-9-8(5-2)11-10(6-3)12-9/h5H,2,4,6-7H2,1,3H3,(H,11,12). The van der Waals surface area contributed by atoms with Crippen molar-refractivity contribution in [1.29, 1.82) is 0 Å². The molecule has 2 heteroatoms. The molecule has 12 heavy (non-hydrogen) atoms. The number of imidazole rings is 1. The number of H-pyrrole nitrogens is 1. The van der Waals surface area contributed by atoms with E-state index in [0.717, 1.165) is 30.8 Å². The fourth-order valence-corrected chi connectivity index (χ4v) is 1.26. The molecule has 0 bridgehead atoms. The highest BCUT2D eigenvalue weighted by Gasteiger charge is 2.04. The van der Waals surface area contributed by atoms with Crippen LogP contribution in [0.2, 0.25) is 0 Å². The normalized spacial score (nSPS) is 10.2. The molecule has 0 unspecified atom stereocenters. The summed E-state index contributed by atoms with van der Waals surface area (Å²) < 4.78 is 0. The summed E-state index contributed by atoms with van der Waals surface area (Å²) in [5.41, 5.74) is 2.25. The van der Waals surface area contributed by atoms with Crippen LogP contribution in [0.5, 0.6) is 0 Å². The first-order chi connectivity index (χ1) is 5.81. The van der Waals surface area contributed by atoms with Gasteiger partial charge in [-0.1, -0.05) is 26.8 Å². The number of hydrogen-bond donors (Lipinski definition) is 1. The number of aryl methyl sites for hydroxylation is 2. The number of aromatic amines is 1. The summed E-state index contributed by atoms with van der Waals surface area (Å²) in [6.07, 6.45) is 4.99. The molecule has 66 valence electrons. The largest absolute Gasteiger partial charge is 0.345 e. The first-order valence-electron chi connectivity index (χ1n) is 4.52. The van der Waals surface area contributed by atoms with Gasteiger partial charge < -0.3 is 4.98 Å². The minimum Gasteiger partial charge on any atom is -0.345 e. The smallest absolute Gasteiger partial charge is 0.106 e. The molecule has 1 rings (SSSR count). The Bertz CT molecular complexity index is 261. The van der Waals surface area contributed by atoms with Gasteiger partial charge in [0.15, 0.2) is 0 Å². The number of nitrogens with one attached hydrogen (secondary N) is 1. The zero-order valence-electron chi connectivity index (χ0n) is 7.85. The molecular formula is C10H16N2. The SMILES string of the molecule is C=Cc1nc(CC)[nH]c1CCC. The Labute approximate surface area is 73.7 Å². The van der Waals surface area contributed by atoms with Crippen LogP contribution in [0.3, 0.4) is 0 Å². The van der Waals surface area contributed by atoms with Crippen molar-refractivity contribution in [2.75, 3.05) is 0 Å². The summed E-state index contributed by atoms with van der Waals surface area (Å²) in [6.45, 7) is 8.00. The third-order valence-electron chi connectivity index (χ3n) is 1.89. The maximum absolute atomic E-state index is 4.39. The van der Waals surface area contributed by atoms with Gasteiger partial charge in [0.05, 0.1) is 5.69 Å². The third kappa shape index (κ3) is 1.76. The van der Waals surface area contributed by atoms with Gasteiger partial charge in [0, 0.05) is 12.1 Å². The molecule has 1 heterocycles. The van der Waals surface area contributed by atoms with Crippen LogP contribution in [0.25, 0.3) is 6.08 Å². The number of rotatable bonds is 4. The molecule has 0 atom stereocenters. The Balaban J connectivity index is 2.91. The van der Waals surface area contributed by atoms with Gasteiger partial charge in [-0.3, -0.25) is 0 Å². The van der Waals surface area contributed by atoms with Gasteiger partial charge in [-0.25, -0.2) is 4.98 Å². The topological polar surface area (TPSA) is 28.7 Å². The second-order valence-corrected chi connectivity index (χ2v) is 2.85. The van der Waals surface area contributed by atoms with E-state index in [9.17, 15) is 0 Å². The third-order valence-corrected chi connectivity index (χ3v) is 1.89. The highest BCUT2D eigenvalue weighted by molar-refractivity contribution is 5.45. The summed E-state index contributed by atoms with van der Waals surface area (Å²) in [5.74, 6) is 1.06. The Morgan fingerprint density at radius 3 is 2.75 bits per heavy atom. The van der Waals surface area contributed by atoms with Crippen molar-refractivity contribution in [3.63, 3.8) is 0 Å². The minimum atomic E-state index is 0.963. The molecule has 2 nitrogen and oxygen atoms in total. The molecule has 0 saturated heterocycles. The molecule has 0 saturated carbocycles. The lowest BCUT2D eigenvalue weighted by Gasteiger charge is -1.93. The number of nitrogens with zero attached hydrogens (tertiary/aromatic N) is 1. The first-order valence-corrected chi connectivity index (χ1v) is 4.52. The molecule has 0 aromatic carbocycles. The molecule has 1 N–H and O–H groups in total. The van der Waals surface area contributed by atoms with Crippen LogP contribution >= 0.6 is 0 Å². The molecule has 0 aliphatic heterocycles. The first kappa shape index (κ1) is 9.04. The predicted octanol–water partition coefficient (Wildman–Crippen LogP) is 2.57. The Hall–Kier alpha value is -1.05. The molecule has 1 aromatic rings. The zero-order chi connectivity index (χ0) is 8.97.